The van der Waals surface area contributed by atoms with Crippen molar-refractivity contribution in [2.45, 2.75) is 25.8 Å². The number of halogens is 1. The van der Waals surface area contributed by atoms with Crippen LogP contribution in [0.15, 0.2) is 24.3 Å². The van der Waals surface area contributed by atoms with Crippen molar-refractivity contribution in [3.8, 4) is 0 Å². The van der Waals surface area contributed by atoms with Gasteiger partial charge in [0.1, 0.15) is 11.9 Å². The molecule has 0 bridgehead atoms. The van der Waals surface area contributed by atoms with Crippen LogP contribution in [0, 0.1) is 11.7 Å². The van der Waals surface area contributed by atoms with E-state index in [9.17, 15) is 18.8 Å². The summed E-state index contributed by atoms with van der Waals surface area (Å²) in [5, 5.41) is 2.57. The van der Waals surface area contributed by atoms with Crippen molar-refractivity contribution in [2.24, 2.45) is 5.92 Å². The van der Waals surface area contributed by atoms with Crippen LogP contribution in [-0.2, 0) is 14.4 Å². The molecular formula is C15H17FN2O3. The Kier molecular flexibility index (Phi) is 4.67. The van der Waals surface area contributed by atoms with Gasteiger partial charge in [0.15, 0.2) is 0 Å². The van der Waals surface area contributed by atoms with Crippen LogP contribution in [0.3, 0.4) is 0 Å². The predicted octanol–water partition coefficient (Wildman–Crippen LogP) is 1.27. The highest BCUT2D eigenvalue weighted by Crippen LogP contribution is 2.27. The number of carbonyl (C=O) groups excluding carboxylic acids is 3. The third-order valence-corrected chi connectivity index (χ3v) is 3.51. The molecule has 0 aliphatic heterocycles. The number of anilines is 1. The Bertz CT molecular complexity index is 540. The average molecular weight is 292 g/mol. The van der Waals surface area contributed by atoms with Gasteiger partial charge in [-0.25, -0.2) is 4.39 Å². The molecule has 2 rings (SSSR count). The lowest BCUT2D eigenvalue weighted by Crippen LogP contribution is -2.46. The molecule has 1 fully saturated rings. The van der Waals surface area contributed by atoms with Gasteiger partial charge in [-0.05, 0) is 49.9 Å². The molecule has 0 aromatic heterocycles. The number of ketones is 1. The molecule has 6 heteroatoms. The Morgan fingerprint density at radius 1 is 1.38 bits per heavy atom. The summed E-state index contributed by atoms with van der Waals surface area (Å²) in [7, 11) is 0. The van der Waals surface area contributed by atoms with Crippen LogP contribution in [0.4, 0.5) is 10.1 Å². The fraction of sp³-hybridized carbons (Fsp3) is 0.400. The van der Waals surface area contributed by atoms with Crippen LogP contribution in [0.25, 0.3) is 0 Å². The zero-order valence-corrected chi connectivity index (χ0v) is 11.7. The monoisotopic (exact) mass is 292 g/mol. The molecule has 0 spiro atoms. The molecule has 1 aromatic rings. The van der Waals surface area contributed by atoms with Gasteiger partial charge < -0.3 is 10.2 Å². The van der Waals surface area contributed by atoms with Crippen molar-refractivity contribution in [1.29, 1.82) is 0 Å². The molecule has 0 heterocycles. The summed E-state index contributed by atoms with van der Waals surface area (Å²) >= 11 is 0. The first-order chi connectivity index (χ1) is 10.0. The fourth-order valence-electron chi connectivity index (χ4n) is 1.95. The first kappa shape index (κ1) is 15.2. The Morgan fingerprint density at radius 3 is 2.52 bits per heavy atom. The van der Waals surface area contributed by atoms with Crippen LogP contribution in [0.5, 0.6) is 0 Å². The topological polar surface area (TPSA) is 66.5 Å². The van der Waals surface area contributed by atoms with Gasteiger partial charge in [-0.15, -0.1) is 0 Å². The highest BCUT2D eigenvalue weighted by atomic mass is 19.1. The SMILES string of the molecule is CC(C(=O)C(=O)NCC1CC1)N(C=O)c1ccc(F)cc1. The summed E-state index contributed by atoms with van der Waals surface area (Å²) in [6.45, 7) is 1.96. The van der Waals surface area contributed by atoms with E-state index in [1.165, 1.54) is 31.2 Å². The summed E-state index contributed by atoms with van der Waals surface area (Å²) in [6.07, 6.45) is 2.60. The predicted molar refractivity (Wildman–Crippen MR) is 75.1 cm³/mol. The highest BCUT2D eigenvalue weighted by molar-refractivity contribution is 6.39. The van der Waals surface area contributed by atoms with E-state index in [2.05, 4.69) is 5.32 Å². The Hall–Kier alpha value is -2.24. The van der Waals surface area contributed by atoms with Gasteiger partial charge in [0, 0.05) is 12.2 Å². The Balaban J connectivity index is 2.02. The molecule has 1 atom stereocenters. The maximum atomic E-state index is 12.9. The molecule has 2 amide bonds. The average Bonchev–Trinajstić information content (AvgIpc) is 3.30. The van der Waals surface area contributed by atoms with Crippen molar-refractivity contribution in [3.05, 3.63) is 30.1 Å². The van der Waals surface area contributed by atoms with Crippen LogP contribution in [0.1, 0.15) is 19.8 Å². The maximum Gasteiger partial charge on any atom is 0.289 e. The number of rotatable bonds is 7. The molecule has 0 radical (unpaired) electrons. The number of nitrogens with one attached hydrogen (secondary N) is 1. The van der Waals surface area contributed by atoms with Crippen molar-refractivity contribution in [1.82, 2.24) is 5.32 Å². The molecule has 1 saturated carbocycles. The molecule has 1 unspecified atom stereocenters. The van der Waals surface area contributed by atoms with E-state index in [4.69, 9.17) is 0 Å². The number of hydrogen-bond acceptors (Lipinski definition) is 3. The van der Waals surface area contributed by atoms with Gasteiger partial charge in [-0.3, -0.25) is 14.4 Å². The van der Waals surface area contributed by atoms with Crippen LogP contribution < -0.4 is 10.2 Å². The van der Waals surface area contributed by atoms with E-state index in [1.807, 2.05) is 0 Å². The van der Waals surface area contributed by atoms with E-state index in [0.717, 1.165) is 17.7 Å². The zero-order valence-electron chi connectivity index (χ0n) is 11.7. The largest absolute Gasteiger partial charge is 0.349 e. The molecular weight excluding hydrogens is 275 g/mol. The second-order valence-corrected chi connectivity index (χ2v) is 5.18. The third-order valence-electron chi connectivity index (χ3n) is 3.51. The van der Waals surface area contributed by atoms with E-state index in [1.54, 1.807) is 0 Å². The van der Waals surface area contributed by atoms with Gasteiger partial charge in [-0.1, -0.05) is 0 Å². The first-order valence-corrected chi connectivity index (χ1v) is 6.84. The molecule has 112 valence electrons. The second-order valence-electron chi connectivity index (χ2n) is 5.18. The number of Topliss-reactive ketones (excluding diaryl/α,β-unsaturated/α-hetero) is 1. The second kappa shape index (κ2) is 6.47. The summed E-state index contributed by atoms with van der Waals surface area (Å²) in [5.41, 5.74) is 0.363. The van der Waals surface area contributed by atoms with Crippen molar-refractivity contribution < 1.29 is 18.8 Å². The summed E-state index contributed by atoms with van der Waals surface area (Å²) < 4.78 is 12.9. The summed E-state index contributed by atoms with van der Waals surface area (Å²) in [5.74, 6) is -1.35. The molecule has 1 N–H and O–H groups in total. The van der Waals surface area contributed by atoms with E-state index < -0.39 is 23.5 Å². The lowest BCUT2D eigenvalue weighted by atomic mass is 10.1. The van der Waals surface area contributed by atoms with Crippen LogP contribution in [0.2, 0.25) is 0 Å². The standard InChI is InChI=1S/C15H17FN2O3/c1-10(14(20)15(21)17-8-11-2-3-11)18(9-19)13-6-4-12(16)5-7-13/h4-7,9-11H,2-3,8H2,1H3,(H,17,21). The fourth-order valence-corrected chi connectivity index (χ4v) is 1.95. The van der Waals surface area contributed by atoms with E-state index in [0.29, 0.717) is 24.6 Å². The summed E-state index contributed by atoms with van der Waals surface area (Å²) in [4.78, 5) is 36.1. The quantitative estimate of drug-likeness (QED) is 0.608. The molecule has 1 aromatic carbocycles. The van der Waals surface area contributed by atoms with Gasteiger partial charge in [0.25, 0.3) is 5.91 Å². The molecule has 0 saturated heterocycles. The van der Waals surface area contributed by atoms with Crippen molar-refractivity contribution in [2.75, 3.05) is 11.4 Å². The first-order valence-electron chi connectivity index (χ1n) is 6.84. The minimum absolute atomic E-state index is 0.363. The molecule has 21 heavy (non-hydrogen) atoms. The number of nitrogens with zero attached hydrogens (tertiary/aromatic N) is 1. The van der Waals surface area contributed by atoms with Crippen molar-refractivity contribution >= 4 is 23.8 Å². The van der Waals surface area contributed by atoms with Gasteiger partial charge in [0.2, 0.25) is 12.2 Å². The normalized spacial score (nSPS) is 15.1. The number of amides is 2. The summed E-state index contributed by atoms with van der Waals surface area (Å²) in [6, 6.07) is 4.21. The third kappa shape index (κ3) is 3.87. The van der Waals surface area contributed by atoms with Gasteiger partial charge in [-0.2, -0.15) is 0 Å². The van der Waals surface area contributed by atoms with Gasteiger partial charge in [0.05, 0.1) is 0 Å². The Morgan fingerprint density at radius 2 is 2.00 bits per heavy atom. The zero-order chi connectivity index (χ0) is 15.4. The highest BCUT2D eigenvalue weighted by Gasteiger charge is 2.29. The Labute approximate surface area is 122 Å². The minimum atomic E-state index is -0.938. The molecule has 1 aliphatic carbocycles. The lowest BCUT2D eigenvalue weighted by molar-refractivity contribution is -0.138. The maximum absolute atomic E-state index is 12.9. The minimum Gasteiger partial charge on any atom is -0.349 e. The van der Waals surface area contributed by atoms with Gasteiger partial charge >= 0.3 is 0 Å². The van der Waals surface area contributed by atoms with Crippen LogP contribution in [-0.4, -0.2) is 30.7 Å². The lowest BCUT2D eigenvalue weighted by Gasteiger charge is -2.23. The van der Waals surface area contributed by atoms with E-state index in [-0.39, 0.29) is 0 Å². The molecule has 5 nitrogen and oxygen atoms in total. The van der Waals surface area contributed by atoms with Crippen molar-refractivity contribution in [3.63, 3.8) is 0 Å². The molecule has 1 aliphatic rings. The smallest absolute Gasteiger partial charge is 0.289 e. The number of benzene rings is 1. The van der Waals surface area contributed by atoms with Crippen LogP contribution >= 0.6 is 0 Å². The van der Waals surface area contributed by atoms with E-state index >= 15 is 0 Å². The number of carbonyl (C=O) groups is 3. The number of hydrogen-bond donors (Lipinski definition) is 1.